The molecule has 4 N–H and O–H groups in total. The predicted octanol–water partition coefficient (Wildman–Crippen LogP) is -1.68. The molecule has 0 bridgehead atoms. The maximum absolute atomic E-state index is 10.4. The SMILES string of the molecule is O=C1CC[C@@H](C(=O)O)N1.O=C1CC[C@@H](C(=O)O)N1.[Pb]. The van der Waals surface area contributed by atoms with Crippen LogP contribution in [0.4, 0.5) is 0 Å². The zero-order valence-corrected chi connectivity index (χ0v) is 13.9. The van der Waals surface area contributed by atoms with Gasteiger partial charge in [0.05, 0.1) is 0 Å². The van der Waals surface area contributed by atoms with E-state index in [0.717, 1.165) is 0 Å². The Morgan fingerprint density at radius 2 is 1.21 bits per heavy atom. The van der Waals surface area contributed by atoms with E-state index < -0.39 is 24.0 Å². The Hall–Kier alpha value is -1.20. The number of carboxylic acids is 2. The molecule has 8 nitrogen and oxygen atoms in total. The fourth-order valence-corrected chi connectivity index (χ4v) is 1.60. The van der Waals surface area contributed by atoms with E-state index in [-0.39, 0.29) is 39.1 Å². The van der Waals surface area contributed by atoms with Gasteiger partial charge in [0.25, 0.3) is 0 Å². The molecule has 2 aliphatic rings. The van der Waals surface area contributed by atoms with Crippen molar-refractivity contribution in [2.75, 3.05) is 0 Å². The van der Waals surface area contributed by atoms with Crippen LogP contribution in [-0.2, 0) is 19.2 Å². The largest absolute Gasteiger partial charge is 0.480 e. The van der Waals surface area contributed by atoms with Crippen molar-refractivity contribution in [3.63, 3.8) is 0 Å². The Morgan fingerprint density at radius 1 is 0.895 bits per heavy atom. The van der Waals surface area contributed by atoms with Gasteiger partial charge in [-0.1, -0.05) is 0 Å². The van der Waals surface area contributed by atoms with Gasteiger partial charge in [-0.2, -0.15) is 0 Å². The van der Waals surface area contributed by atoms with Crippen LogP contribution in [0, 0.1) is 0 Å². The van der Waals surface area contributed by atoms with Crippen molar-refractivity contribution in [3.8, 4) is 0 Å². The Balaban J connectivity index is 0.000000324. The zero-order valence-electron chi connectivity index (χ0n) is 10.0. The molecule has 2 heterocycles. The predicted molar refractivity (Wildman–Crippen MR) is 63.4 cm³/mol. The van der Waals surface area contributed by atoms with Crippen molar-refractivity contribution in [1.82, 2.24) is 10.6 Å². The van der Waals surface area contributed by atoms with Gasteiger partial charge in [-0.25, -0.2) is 9.59 Å². The Kier molecular flexibility index (Phi) is 7.56. The number of carbonyl (C=O) groups is 4. The summed E-state index contributed by atoms with van der Waals surface area (Å²) in [6, 6.07) is -1.28. The van der Waals surface area contributed by atoms with E-state index in [9.17, 15) is 19.2 Å². The van der Waals surface area contributed by atoms with E-state index >= 15 is 0 Å². The van der Waals surface area contributed by atoms with Crippen molar-refractivity contribution in [3.05, 3.63) is 0 Å². The summed E-state index contributed by atoms with van der Waals surface area (Å²) in [5.74, 6) is -2.22. The minimum Gasteiger partial charge on any atom is -0.480 e. The fraction of sp³-hybridized carbons (Fsp3) is 0.600. The van der Waals surface area contributed by atoms with Crippen LogP contribution in [0.25, 0.3) is 0 Å². The molecule has 0 spiro atoms. The van der Waals surface area contributed by atoms with Crippen LogP contribution in [0.1, 0.15) is 25.7 Å². The normalized spacial score (nSPS) is 24.4. The van der Waals surface area contributed by atoms with Crippen molar-refractivity contribution >= 4 is 51.1 Å². The number of carbonyl (C=O) groups excluding carboxylic acids is 2. The van der Waals surface area contributed by atoms with E-state index in [1.165, 1.54) is 0 Å². The summed E-state index contributed by atoms with van der Waals surface area (Å²) in [6.07, 6.45) is 1.54. The van der Waals surface area contributed by atoms with Crippen LogP contribution < -0.4 is 10.6 Å². The summed E-state index contributed by atoms with van der Waals surface area (Å²) in [6.45, 7) is 0. The molecule has 2 atom stereocenters. The van der Waals surface area contributed by atoms with Gasteiger partial charge in [-0.15, -0.1) is 0 Å². The number of amides is 2. The van der Waals surface area contributed by atoms with Crippen LogP contribution in [-0.4, -0.2) is 73.3 Å². The molecule has 0 unspecified atom stereocenters. The molecule has 4 radical (unpaired) electrons. The van der Waals surface area contributed by atoms with Crippen molar-refractivity contribution in [2.24, 2.45) is 0 Å². The van der Waals surface area contributed by atoms with E-state index in [0.29, 0.717) is 25.7 Å². The van der Waals surface area contributed by atoms with Crippen LogP contribution >= 0.6 is 0 Å². The molecule has 0 aromatic rings. The molecular weight excluding hydrogens is 451 g/mol. The molecule has 0 saturated carbocycles. The summed E-state index contributed by atoms with van der Waals surface area (Å²) in [5, 5.41) is 21.3. The van der Waals surface area contributed by atoms with Crippen molar-refractivity contribution in [1.29, 1.82) is 0 Å². The first-order chi connectivity index (χ1) is 8.40. The van der Waals surface area contributed by atoms with E-state index in [2.05, 4.69) is 10.6 Å². The van der Waals surface area contributed by atoms with Crippen LogP contribution in [0.5, 0.6) is 0 Å². The molecule has 2 amide bonds. The maximum atomic E-state index is 10.4. The quantitative estimate of drug-likeness (QED) is 0.360. The Morgan fingerprint density at radius 3 is 1.32 bits per heavy atom. The fourth-order valence-electron chi connectivity index (χ4n) is 1.60. The van der Waals surface area contributed by atoms with Gasteiger partial charge in [0.1, 0.15) is 12.1 Å². The van der Waals surface area contributed by atoms with Gasteiger partial charge in [-0.3, -0.25) is 9.59 Å². The molecule has 19 heavy (non-hydrogen) atoms. The van der Waals surface area contributed by atoms with Crippen LogP contribution in [0.3, 0.4) is 0 Å². The minimum absolute atomic E-state index is 0. The molecule has 9 heteroatoms. The third-order valence-corrected chi connectivity index (χ3v) is 2.59. The summed E-state index contributed by atoms with van der Waals surface area (Å²) >= 11 is 0. The van der Waals surface area contributed by atoms with E-state index in [1.807, 2.05) is 0 Å². The van der Waals surface area contributed by atoms with Gasteiger partial charge >= 0.3 is 11.9 Å². The van der Waals surface area contributed by atoms with Gasteiger partial charge in [0.2, 0.25) is 11.8 Å². The average molecular weight is 465 g/mol. The van der Waals surface area contributed by atoms with Crippen LogP contribution in [0.2, 0.25) is 0 Å². The molecule has 0 aromatic carbocycles. The number of aliphatic carboxylic acids is 2. The number of rotatable bonds is 2. The first-order valence-electron chi connectivity index (χ1n) is 5.44. The van der Waals surface area contributed by atoms with Crippen LogP contribution in [0.15, 0.2) is 0 Å². The first-order valence-corrected chi connectivity index (χ1v) is 5.44. The van der Waals surface area contributed by atoms with Gasteiger partial charge < -0.3 is 20.8 Å². The number of hydrogen-bond donors (Lipinski definition) is 4. The number of carboxylic acid groups (broad SMARTS) is 2. The standard InChI is InChI=1S/2C5H7NO3.Pb/c2*7-4-2-1-3(6-4)5(8)9;/h2*3H,1-2H2,(H,6,7)(H,8,9);/t2*3-;/m00./s1. The number of hydrogen-bond acceptors (Lipinski definition) is 4. The second kappa shape index (κ2) is 8.07. The number of nitrogens with one attached hydrogen (secondary N) is 2. The molecule has 2 saturated heterocycles. The third kappa shape index (κ3) is 5.98. The van der Waals surface area contributed by atoms with E-state index in [1.54, 1.807) is 0 Å². The molecule has 2 rings (SSSR count). The first kappa shape index (κ1) is 17.8. The smallest absolute Gasteiger partial charge is 0.326 e. The second-order valence-electron chi connectivity index (χ2n) is 3.99. The zero-order chi connectivity index (χ0) is 13.7. The van der Waals surface area contributed by atoms with Crippen molar-refractivity contribution in [2.45, 2.75) is 37.8 Å². The summed E-state index contributed by atoms with van der Waals surface area (Å²) in [7, 11) is 0. The Labute approximate surface area is 129 Å². The van der Waals surface area contributed by atoms with Gasteiger partial charge in [0, 0.05) is 40.1 Å². The van der Waals surface area contributed by atoms with Crippen molar-refractivity contribution < 1.29 is 29.4 Å². The second-order valence-corrected chi connectivity index (χ2v) is 3.99. The molecular formula is C10H14N2O6Pb. The maximum Gasteiger partial charge on any atom is 0.326 e. The summed E-state index contributed by atoms with van der Waals surface area (Å²) in [4.78, 5) is 41.0. The third-order valence-electron chi connectivity index (χ3n) is 2.59. The minimum atomic E-state index is -0.944. The summed E-state index contributed by atoms with van der Waals surface area (Å²) < 4.78 is 0. The monoisotopic (exact) mass is 466 g/mol. The topological polar surface area (TPSA) is 133 Å². The summed E-state index contributed by atoms with van der Waals surface area (Å²) in [5.41, 5.74) is 0. The molecule has 2 fully saturated rings. The Bertz CT molecular complexity index is 350. The van der Waals surface area contributed by atoms with E-state index in [4.69, 9.17) is 10.2 Å². The molecule has 0 aliphatic carbocycles. The van der Waals surface area contributed by atoms with Gasteiger partial charge in [-0.05, 0) is 12.8 Å². The average Bonchev–Trinajstić information content (AvgIpc) is 2.88. The van der Waals surface area contributed by atoms with Gasteiger partial charge in [0.15, 0.2) is 0 Å². The molecule has 2 aliphatic heterocycles. The molecule has 0 aromatic heterocycles. The molecule has 104 valence electrons.